The molecule has 17 heteroatoms. The molecule has 0 saturated carbocycles. The van der Waals surface area contributed by atoms with E-state index in [0.29, 0.717) is 45.6 Å². The summed E-state index contributed by atoms with van der Waals surface area (Å²) in [7, 11) is 0. The molecule has 412 valence electrons. The number of aliphatic imine (C=N–C) groups is 1. The number of carbonyl (C=O) groups is 4. The number of thiophene rings is 4. The van der Waals surface area contributed by atoms with E-state index in [0.717, 1.165) is 74.6 Å². The first-order valence-electron chi connectivity index (χ1n) is 26.6. The van der Waals surface area contributed by atoms with Crippen LogP contribution in [0, 0.1) is 13.8 Å². The number of aldehydes is 2. The molecule has 4 aromatic rings. The van der Waals surface area contributed by atoms with E-state index in [9.17, 15) is 19.2 Å². The van der Waals surface area contributed by atoms with Crippen LogP contribution in [0.4, 0.5) is 15.0 Å². The molecule has 0 aliphatic rings. The highest BCUT2D eigenvalue weighted by Gasteiger charge is 2.22. The first-order valence-corrected chi connectivity index (χ1v) is 29.8. The lowest BCUT2D eigenvalue weighted by Crippen LogP contribution is -2.08. The molecule has 0 atom stereocenters. The molecule has 0 saturated heterocycles. The Labute approximate surface area is 457 Å². The standard InChI is InChI=1S/C28H43NO2S2.C18H28O2S.C9H14N2O2S.2CO2/c1-6-9-10-11-12-13-14-15-16-17-18-23-19-24(32-21(23)4)20-29-27-26(28(30)31-8-3)25(7-2)22(5)33-27;1-2-3-4-5-6-7-8-9-10-11-12-16-13-17(14-19)21-18(16)15-20;1-3-5-6(9(12)13-4-2)8(11)14-7(5)10;2*2-1-3/h19-20H,6-18H2,1-5H3;13-15H,2-12H2,1H3;3-4,10-11H2,1-2H3;;. The summed E-state index contributed by atoms with van der Waals surface area (Å²) >= 11 is 5.91. The quantitative estimate of drug-likeness (QED) is 0.0202. The summed E-state index contributed by atoms with van der Waals surface area (Å²) in [6, 6.07) is 4.15. The number of anilines is 2. The molecule has 74 heavy (non-hydrogen) atoms. The van der Waals surface area contributed by atoms with E-state index in [1.807, 2.05) is 26.1 Å². The normalized spacial score (nSPS) is 10.3. The van der Waals surface area contributed by atoms with Gasteiger partial charge in [0.05, 0.1) is 39.1 Å². The fourth-order valence-corrected chi connectivity index (χ4v) is 12.0. The highest BCUT2D eigenvalue weighted by Crippen LogP contribution is 2.37. The molecule has 0 bridgehead atoms. The first kappa shape index (κ1) is 69.1. The maximum atomic E-state index is 12.5. The van der Waals surface area contributed by atoms with Gasteiger partial charge in [-0.2, -0.15) is 19.2 Å². The fraction of sp³-hybridized carbons (Fsp3) is 0.596. The van der Waals surface area contributed by atoms with Crippen molar-refractivity contribution in [3.63, 3.8) is 0 Å². The Balaban J connectivity index is 0.00000111. The summed E-state index contributed by atoms with van der Waals surface area (Å²) < 4.78 is 10.2. The molecule has 0 amide bonds. The van der Waals surface area contributed by atoms with Crippen LogP contribution in [-0.2, 0) is 54.3 Å². The molecule has 0 radical (unpaired) electrons. The number of nitrogen functional groups attached to an aromatic ring is 2. The van der Waals surface area contributed by atoms with Crippen LogP contribution in [0.5, 0.6) is 0 Å². The zero-order valence-electron chi connectivity index (χ0n) is 45.6. The van der Waals surface area contributed by atoms with Crippen molar-refractivity contribution < 1.29 is 47.8 Å². The molecule has 4 rings (SSSR count). The number of hydrogen-bond donors (Lipinski definition) is 2. The van der Waals surface area contributed by atoms with Crippen molar-refractivity contribution in [3.8, 4) is 0 Å². The van der Waals surface area contributed by atoms with Crippen molar-refractivity contribution in [3.05, 3.63) is 69.9 Å². The molecule has 4 aromatic heterocycles. The molecular formula is C57H85N3O10S4. The molecule has 0 aromatic carbocycles. The van der Waals surface area contributed by atoms with Crippen LogP contribution in [0.15, 0.2) is 17.1 Å². The van der Waals surface area contributed by atoms with Gasteiger partial charge < -0.3 is 20.9 Å². The van der Waals surface area contributed by atoms with Gasteiger partial charge in [-0.15, -0.1) is 45.3 Å². The maximum absolute atomic E-state index is 12.5. The van der Waals surface area contributed by atoms with E-state index < -0.39 is 0 Å². The highest BCUT2D eigenvalue weighted by atomic mass is 32.1. The minimum Gasteiger partial charge on any atom is -0.462 e. The molecule has 0 fully saturated rings. The van der Waals surface area contributed by atoms with E-state index in [1.54, 1.807) is 29.6 Å². The number of unbranched alkanes of at least 4 members (excludes halogenated alkanes) is 18. The summed E-state index contributed by atoms with van der Waals surface area (Å²) in [5, 5.41) is 1.82. The van der Waals surface area contributed by atoms with Crippen LogP contribution in [0.2, 0.25) is 0 Å². The Morgan fingerprint density at radius 3 is 1.39 bits per heavy atom. The van der Waals surface area contributed by atoms with Gasteiger partial charge >= 0.3 is 24.2 Å². The predicted octanol–water partition coefficient (Wildman–Crippen LogP) is 15.7. The fourth-order valence-electron chi connectivity index (χ4n) is 8.18. The van der Waals surface area contributed by atoms with E-state index >= 15 is 0 Å². The Kier molecular flexibility index (Phi) is 41.5. The Morgan fingerprint density at radius 1 is 0.527 bits per heavy atom. The summed E-state index contributed by atoms with van der Waals surface area (Å²) in [5.41, 5.74) is 16.9. The number of hydrogen-bond acceptors (Lipinski definition) is 17. The van der Waals surface area contributed by atoms with Gasteiger partial charge in [-0.25, -0.2) is 14.6 Å². The second-order valence-corrected chi connectivity index (χ2v) is 22.1. The lowest BCUT2D eigenvalue weighted by molar-refractivity contribution is -0.193. The lowest BCUT2D eigenvalue weighted by atomic mass is 10.0. The van der Waals surface area contributed by atoms with Crippen LogP contribution in [0.3, 0.4) is 0 Å². The van der Waals surface area contributed by atoms with Gasteiger partial charge in [0.2, 0.25) is 0 Å². The van der Waals surface area contributed by atoms with Crippen molar-refractivity contribution in [1.29, 1.82) is 0 Å². The first-order chi connectivity index (χ1) is 35.8. The lowest BCUT2D eigenvalue weighted by Gasteiger charge is -2.04. The number of carbonyl (C=O) groups excluding carboxylic acids is 8. The summed E-state index contributed by atoms with van der Waals surface area (Å²) in [6.07, 6.45) is 34.6. The van der Waals surface area contributed by atoms with Crippen LogP contribution in [0.1, 0.15) is 247 Å². The van der Waals surface area contributed by atoms with Crippen LogP contribution in [0.25, 0.3) is 0 Å². The zero-order valence-corrected chi connectivity index (χ0v) is 48.9. The third kappa shape index (κ3) is 28.1. The van der Waals surface area contributed by atoms with Gasteiger partial charge in [0.25, 0.3) is 0 Å². The monoisotopic (exact) mass is 1100 g/mol. The molecule has 0 unspecified atom stereocenters. The Morgan fingerprint density at radius 2 is 0.959 bits per heavy atom. The number of esters is 2. The average molecular weight is 1100 g/mol. The maximum Gasteiger partial charge on any atom is 0.373 e. The number of aryl methyl sites for hydroxylation is 4. The second-order valence-electron chi connectivity index (χ2n) is 17.4. The van der Waals surface area contributed by atoms with E-state index in [-0.39, 0.29) is 24.2 Å². The molecule has 4 N–H and O–H groups in total. The van der Waals surface area contributed by atoms with Crippen LogP contribution >= 0.6 is 45.3 Å². The summed E-state index contributed by atoms with van der Waals surface area (Å²) in [5.74, 6) is -0.635. The van der Waals surface area contributed by atoms with Gasteiger partial charge in [0, 0.05) is 26.4 Å². The Bertz CT molecular complexity index is 2270. The van der Waals surface area contributed by atoms with Gasteiger partial charge in [-0.1, -0.05) is 143 Å². The topological polar surface area (TPSA) is 219 Å². The van der Waals surface area contributed by atoms with E-state index in [1.165, 1.54) is 155 Å². The van der Waals surface area contributed by atoms with Gasteiger partial charge in [0.15, 0.2) is 12.6 Å². The number of ether oxygens (including phenoxy) is 2. The molecule has 0 spiro atoms. The smallest absolute Gasteiger partial charge is 0.373 e. The zero-order chi connectivity index (χ0) is 55.5. The molecule has 13 nitrogen and oxygen atoms in total. The Hall–Kier alpha value is -4.89. The van der Waals surface area contributed by atoms with Gasteiger partial charge in [0.1, 0.15) is 10.0 Å². The number of rotatable bonds is 32. The molecular weight excluding hydrogens is 1010 g/mol. The van der Waals surface area contributed by atoms with Gasteiger partial charge in [-0.3, -0.25) is 9.59 Å². The second kappa shape index (κ2) is 44.4. The van der Waals surface area contributed by atoms with E-state index in [4.69, 9.17) is 45.1 Å². The highest BCUT2D eigenvalue weighted by molar-refractivity contribution is 7.20. The summed E-state index contributed by atoms with van der Waals surface area (Å²) in [4.78, 5) is 88.0. The largest absolute Gasteiger partial charge is 0.462 e. The van der Waals surface area contributed by atoms with Crippen LogP contribution < -0.4 is 11.5 Å². The summed E-state index contributed by atoms with van der Waals surface area (Å²) in [6.45, 7) is 17.1. The van der Waals surface area contributed by atoms with Crippen molar-refractivity contribution in [2.75, 3.05) is 24.7 Å². The molecule has 0 aliphatic carbocycles. The number of nitrogens with two attached hydrogens (primary N) is 2. The van der Waals surface area contributed by atoms with E-state index in [2.05, 4.69) is 40.7 Å². The SMILES string of the molecule is CCCCCCCCCCCCc1cc(C=Nc2sc(C)c(CC)c2C(=O)OCC)sc1C.CCCCCCCCCCCCc1cc(C=O)sc1C=O.CCOC(=O)c1c(N)sc(N)c1CC.O=C=O.O=C=O. The van der Waals surface area contributed by atoms with Crippen molar-refractivity contribution in [1.82, 2.24) is 0 Å². The third-order valence-electron chi connectivity index (χ3n) is 12.0. The average Bonchev–Trinajstić information content (AvgIpc) is 4.13. The minimum absolute atomic E-state index is 0.250. The van der Waals surface area contributed by atoms with Crippen LogP contribution in [-0.4, -0.2) is 56.2 Å². The number of nitrogens with zero attached hydrogens (tertiary/aromatic N) is 1. The van der Waals surface area contributed by atoms with Crippen molar-refractivity contribution in [2.45, 2.75) is 209 Å². The van der Waals surface area contributed by atoms with Gasteiger partial charge in [-0.05, 0) is 95.0 Å². The van der Waals surface area contributed by atoms with Crippen molar-refractivity contribution in [2.24, 2.45) is 4.99 Å². The predicted molar refractivity (Wildman–Crippen MR) is 305 cm³/mol. The molecule has 4 heterocycles. The van der Waals surface area contributed by atoms with Crippen molar-refractivity contribution >= 4 is 103 Å². The minimum atomic E-state index is -0.380. The molecule has 0 aliphatic heterocycles. The third-order valence-corrected chi connectivity index (χ3v) is 16.0.